The van der Waals surface area contributed by atoms with E-state index in [1.165, 1.54) is 7.11 Å². The molecule has 23 heavy (non-hydrogen) atoms. The van der Waals surface area contributed by atoms with Gasteiger partial charge in [-0.05, 0) is 0 Å². The summed E-state index contributed by atoms with van der Waals surface area (Å²) < 4.78 is 26.4. The summed E-state index contributed by atoms with van der Waals surface area (Å²) in [5.74, 6) is 0. The molecule has 10 atom stereocenters. The van der Waals surface area contributed by atoms with Crippen LogP contribution >= 0.6 is 0 Å². The molecule has 0 aliphatic carbocycles. The van der Waals surface area contributed by atoms with Crippen LogP contribution in [-0.2, 0) is 23.7 Å². The minimum absolute atomic E-state index is 0.113. The first-order valence-corrected chi connectivity index (χ1v) is 7.41. The van der Waals surface area contributed by atoms with Crippen LogP contribution < -0.4 is 0 Å². The Morgan fingerprint density at radius 2 is 1.70 bits per heavy atom. The van der Waals surface area contributed by atoms with Crippen molar-refractivity contribution in [2.75, 3.05) is 20.3 Å². The van der Waals surface area contributed by atoms with Crippen molar-refractivity contribution in [2.45, 2.75) is 61.4 Å². The molecular formula is C13H22O10. The Labute approximate surface area is 132 Å². The van der Waals surface area contributed by atoms with Crippen LogP contribution in [0.15, 0.2) is 0 Å². The van der Waals surface area contributed by atoms with E-state index in [0.29, 0.717) is 0 Å². The number of rotatable bonds is 4. The third-order valence-corrected chi connectivity index (χ3v) is 4.44. The highest BCUT2D eigenvalue weighted by atomic mass is 16.7. The minimum atomic E-state index is -1.36. The molecule has 3 aliphatic heterocycles. The zero-order valence-electron chi connectivity index (χ0n) is 12.5. The minimum Gasteiger partial charge on any atom is -0.394 e. The van der Waals surface area contributed by atoms with E-state index in [4.69, 9.17) is 23.7 Å². The molecule has 3 fully saturated rings. The SMILES string of the molecule is CO[C@H]1O[C@H](CO)[C@H](O)[C@H](O[C@@H]2OC3COC([C@@H]3O)[C@H]2O)[C@H]1O. The van der Waals surface area contributed by atoms with Gasteiger partial charge in [-0.1, -0.05) is 0 Å². The second-order valence-electron chi connectivity index (χ2n) is 5.87. The molecule has 10 heteroatoms. The lowest BCUT2D eigenvalue weighted by atomic mass is 9.98. The molecule has 0 radical (unpaired) electrons. The molecule has 3 saturated heterocycles. The lowest BCUT2D eigenvalue weighted by Gasteiger charge is -2.44. The van der Waals surface area contributed by atoms with Gasteiger partial charge < -0.3 is 49.2 Å². The molecule has 2 bridgehead atoms. The quantitative estimate of drug-likeness (QED) is 0.347. The van der Waals surface area contributed by atoms with E-state index in [1.54, 1.807) is 0 Å². The number of methoxy groups -OCH3 is 1. The van der Waals surface area contributed by atoms with Crippen molar-refractivity contribution in [1.29, 1.82) is 0 Å². The molecule has 0 spiro atoms. The Balaban J connectivity index is 1.72. The molecule has 3 aliphatic rings. The summed E-state index contributed by atoms with van der Waals surface area (Å²) >= 11 is 0. The standard InChI is InChI=1S/C13H22O10/c1-19-12-9(18)11(6(15)4(2-14)21-12)23-13-8(17)10-7(16)5(22-13)3-20-10/h4-18H,2-3H2,1H3/t4-,5?,6+,7-,8-,9-,10?,11+,12+,13+/m1/s1. The molecule has 2 unspecified atom stereocenters. The fraction of sp³-hybridized carbons (Fsp3) is 1.00. The van der Waals surface area contributed by atoms with E-state index in [0.717, 1.165) is 0 Å². The van der Waals surface area contributed by atoms with Crippen molar-refractivity contribution in [1.82, 2.24) is 0 Å². The predicted octanol–water partition coefficient (Wildman–Crippen LogP) is -3.70. The van der Waals surface area contributed by atoms with Gasteiger partial charge in [-0.15, -0.1) is 0 Å². The van der Waals surface area contributed by atoms with Gasteiger partial charge in [0.1, 0.15) is 48.8 Å². The Hall–Kier alpha value is -0.400. The summed E-state index contributed by atoms with van der Waals surface area (Å²) in [4.78, 5) is 0. The fourth-order valence-corrected chi connectivity index (χ4v) is 3.12. The van der Waals surface area contributed by atoms with E-state index in [9.17, 15) is 25.5 Å². The van der Waals surface area contributed by atoms with Crippen LogP contribution in [0.3, 0.4) is 0 Å². The maximum atomic E-state index is 10.2. The number of hydrogen-bond donors (Lipinski definition) is 5. The predicted molar refractivity (Wildman–Crippen MR) is 70.1 cm³/mol. The van der Waals surface area contributed by atoms with Crippen molar-refractivity contribution in [2.24, 2.45) is 0 Å². The van der Waals surface area contributed by atoms with Gasteiger partial charge in [0, 0.05) is 7.11 Å². The lowest BCUT2D eigenvalue weighted by molar-refractivity contribution is -0.345. The highest BCUT2D eigenvalue weighted by molar-refractivity contribution is 4.97. The second-order valence-corrected chi connectivity index (χ2v) is 5.87. The largest absolute Gasteiger partial charge is 0.394 e. The third-order valence-electron chi connectivity index (χ3n) is 4.44. The highest BCUT2D eigenvalue weighted by Crippen LogP contribution is 2.33. The van der Waals surface area contributed by atoms with Crippen molar-refractivity contribution >= 4 is 0 Å². The highest BCUT2D eigenvalue weighted by Gasteiger charge is 2.53. The van der Waals surface area contributed by atoms with E-state index in [1.807, 2.05) is 0 Å². The molecular weight excluding hydrogens is 316 g/mol. The Bertz CT molecular complexity index is 392. The van der Waals surface area contributed by atoms with Gasteiger partial charge in [0.25, 0.3) is 0 Å². The fourth-order valence-electron chi connectivity index (χ4n) is 3.12. The second kappa shape index (κ2) is 6.84. The average Bonchev–Trinajstić information content (AvgIpc) is 2.81. The maximum absolute atomic E-state index is 10.2. The first kappa shape index (κ1) is 17.4. The normalized spacial score (nSPS) is 53.5. The topological polar surface area (TPSA) is 147 Å². The van der Waals surface area contributed by atoms with Gasteiger partial charge in [0.05, 0.1) is 13.2 Å². The van der Waals surface area contributed by atoms with Crippen LogP contribution in [0.25, 0.3) is 0 Å². The summed E-state index contributed by atoms with van der Waals surface area (Å²) in [6.07, 6.45) is -11.1. The first-order valence-electron chi connectivity index (χ1n) is 7.41. The first-order chi connectivity index (χ1) is 11.0. The molecule has 0 aromatic rings. The Morgan fingerprint density at radius 3 is 2.35 bits per heavy atom. The van der Waals surface area contributed by atoms with Crippen LogP contribution in [0.1, 0.15) is 0 Å². The molecule has 10 nitrogen and oxygen atoms in total. The maximum Gasteiger partial charge on any atom is 0.187 e. The van der Waals surface area contributed by atoms with Gasteiger partial charge in [-0.3, -0.25) is 0 Å². The zero-order valence-corrected chi connectivity index (χ0v) is 12.5. The molecule has 0 saturated carbocycles. The molecule has 5 N–H and O–H groups in total. The molecule has 0 aromatic carbocycles. The summed E-state index contributed by atoms with van der Waals surface area (Å²) in [5.41, 5.74) is 0. The molecule has 0 amide bonds. The number of aliphatic hydroxyl groups excluding tert-OH is 5. The molecule has 0 aromatic heterocycles. The van der Waals surface area contributed by atoms with E-state index in [2.05, 4.69) is 0 Å². The molecule has 3 rings (SSSR count). The smallest absolute Gasteiger partial charge is 0.187 e. The average molecular weight is 338 g/mol. The zero-order chi connectivity index (χ0) is 16.7. The third kappa shape index (κ3) is 3.00. The van der Waals surface area contributed by atoms with Crippen LogP contribution in [0.4, 0.5) is 0 Å². The van der Waals surface area contributed by atoms with Crippen LogP contribution in [0, 0.1) is 0 Å². The number of aliphatic hydroxyl groups is 5. The lowest BCUT2D eigenvalue weighted by Crippen LogP contribution is -2.63. The van der Waals surface area contributed by atoms with Crippen LogP contribution in [-0.4, -0.2) is 107 Å². The number of fused-ring (bicyclic) bond motifs is 2. The summed E-state index contributed by atoms with van der Waals surface area (Å²) in [6.45, 7) is -0.393. The summed E-state index contributed by atoms with van der Waals surface area (Å²) in [6, 6.07) is 0. The monoisotopic (exact) mass is 338 g/mol. The van der Waals surface area contributed by atoms with Gasteiger partial charge in [-0.25, -0.2) is 0 Å². The molecule has 3 heterocycles. The van der Waals surface area contributed by atoms with Crippen molar-refractivity contribution in [3.63, 3.8) is 0 Å². The van der Waals surface area contributed by atoms with E-state index < -0.39 is 68.0 Å². The van der Waals surface area contributed by atoms with E-state index >= 15 is 0 Å². The van der Waals surface area contributed by atoms with E-state index in [-0.39, 0.29) is 6.61 Å². The van der Waals surface area contributed by atoms with Gasteiger partial charge >= 0.3 is 0 Å². The number of ether oxygens (including phenoxy) is 5. The van der Waals surface area contributed by atoms with Crippen molar-refractivity contribution in [3.05, 3.63) is 0 Å². The van der Waals surface area contributed by atoms with Crippen molar-refractivity contribution < 1.29 is 49.2 Å². The van der Waals surface area contributed by atoms with Gasteiger partial charge in [0.15, 0.2) is 12.6 Å². The van der Waals surface area contributed by atoms with Gasteiger partial charge in [-0.2, -0.15) is 0 Å². The number of hydrogen-bond acceptors (Lipinski definition) is 10. The Kier molecular flexibility index (Phi) is 5.18. The molecule has 134 valence electrons. The van der Waals surface area contributed by atoms with Crippen molar-refractivity contribution in [3.8, 4) is 0 Å². The van der Waals surface area contributed by atoms with Crippen LogP contribution in [0.2, 0.25) is 0 Å². The summed E-state index contributed by atoms with van der Waals surface area (Å²) in [5, 5.41) is 49.6. The van der Waals surface area contributed by atoms with Crippen LogP contribution in [0.5, 0.6) is 0 Å². The summed E-state index contributed by atoms with van der Waals surface area (Å²) in [7, 11) is 1.30. The Morgan fingerprint density at radius 1 is 0.957 bits per heavy atom. The van der Waals surface area contributed by atoms with Gasteiger partial charge in [0.2, 0.25) is 0 Å².